The normalized spacial score (nSPS) is 9.86. The second-order valence-electron chi connectivity index (χ2n) is 2.88. The summed E-state index contributed by atoms with van der Waals surface area (Å²) in [5, 5.41) is 2.58. The molecule has 0 heterocycles. The number of carbonyl (C=O) groups excluding carboxylic acids is 1. The van der Waals surface area contributed by atoms with Crippen LogP contribution in [0.3, 0.4) is 0 Å². The number of nitrogens with one attached hydrogen (secondary N) is 3. The minimum Gasteiger partial charge on any atom is -0.355 e. The molecule has 0 atom stereocenters. The van der Waals surface area contributed by atoms with Crippen molar-refractivity contribution < 1.29 is 4.79 Å². The molecule has 1 aromatic rings. The van der Waals surface area contributed by atoms with Crippen LogP contribution in [0, 0.1) is 0 Å². The van der Waals surface area contributed by atoms with E-state index >= 15 is 0 Å². The van der Waals surface area contributed by atoms with Crippen molar-refractivity contribution in [3.63, 3.8) is 0 Å². The lowest BCUT2D eigenvalue weighted by Crippen LogP contribution is -2.26. The largest absolute Gasteiger partial charge is 0.355 e. The van der Waals surface area contributed by atoms with E-state index in [1.54, 1.807) is 7.05 Å². The molecule has 0 fully saturated rings. The van der Waals surface area contributed by atoms with Crippen LogP contribution in [0.15, 0.2) is 24.3 Å². The zero-order valence-corrected chi connectivity index (χ0v) is 8.42. The molecule has 0 saturated heterocycles. The summed E-state index contributed by atoms with van der Waals surface area (Å²) in [6, 6.07) is 7.47. The van der Waals surface area contributed by atoms with Gasteiger partial charge in [0.2, 0.25) is 0 Å². The van der Waals surface area contributed by atoms with Gasteiger partial charge in [0.15, 0.2) is 0 Å². The number of hydrogen-bond donors (Lipinski definition) is 3. The Balaban J connectivity index is 2.63. The highest BCUT2D eigenvalue weighted by molar-refractivity contribution is 5.93. The molecule has 0 spiro atoms. The summed E-state index contributed by atoms with van der Waals surface area (Å²) in [7, 11) is 3.44. The van der Waals surface area contributed by atoms with Crippen LogP contribution in [0.5, 0.6) is 0 Å². The van der Waals surface area contributed by atoms with Gasteiger partial charge in [-0.25, -0.2) is 0 Å². The van der Waals surface area contributed by atoms with Crippen LogP contribution in [0.25, 0.3) is 0 Å². The maximum atomic E-state index is 11.2. The summed E-state index contributed by atoms with van der Waals surface area (Å²) in [5.74, 6) is -0.0573. The average Bonchev–Trinajstić information content (AvgIpc) is 2.26. The van der Waals surface area contributed by atoms with E-state index in [9.17, 15) is 4.79 Å². The summed E-state index contributed by atoms with van der Waals surface area (Å²) in [6.07, 6.45) is 0. The van der Waals surface area contributed by atoms with Crippen molar-refractivity contribution >= 4 is 5.91 Å². The molecule has 1 aromatic carbocycles. The molecule has 76 valence electrons. The summed E-state index contributed by atoms with van der Waals surface area (Å²) >= 11 is 0. The Hall–Kier alpha value is -1.39. The van der Waals surface area contributed by atoms with E-state index in [1.165, 1.54) is 0 Å². The predicted octanol–water partition coefficient (Wildman–Crippen LogP) is 0.270. The van der Waals surface area contributed by atoms with E-state index in [1.807, 2.05) is 31.3 Å². The molecule has 0 radical (unpaired) electrons. The Labute approximate surface area is 83.7 Å². The molecule has 4 nitrogen and oxygen atoms in total. The van der Waals surface area contributed by atoms with Crippen LogP contribution < -0.4 is 16.2 Å². The van der Waals surface area contributed by atoms with E-state index in [2.05, 4.69) is 16.2 Å². The van der Waals surface area contributed by atoms with Gasteiger partial charge in [0.05, 0.1) is 0 Å². The SMILES string of the molecule is CNNCc1ccc(C(=O)NC)cc1. The smallest absolute Gasteiger partial charge is 0.251 e. The van der Waals surface area contributed by atoms with Crippen molar-refractivity contribution in [3.8, 4) is 0 Å². The Morgan fingerprint density at radius 3 is 2.36 bits per heavy atom. The van der Waals surface area contributed by atoms with Crippen LogP contribution in [0.4, 0.5) is 0 Å². The first-order valence-corrected chi connectivity index (χ1v) is 4.48. The van der Waals surface area contributed by atoms with Gasteiger partial charge < -0.3 is 5.32 Å². The Morgan fingerprint density at radius 1 is 1.21 bits per heavy atom. The standard InChI is InChI=1S/C10H15N3O/c1-11-10(14)9-5-3-8(4-6-9)7-13-12-2/h3-6,12-13H,7H2,1-2H3,(H,11,14). The monoisotopic (exact) mass is 193 g/mol. The maximum Gasteiger partial charge on any atom is 0.251 e. The molecule has 0 aliphatic rings. The second-order valence-corrected chi connectivity index (χ2v) is 2.88. The summed E-state index contributed by atoms with van der Waals surface area (Å²) in [6.45, 7) is 0.741. The van der Waals surface area contributed by atoms with Crippen LogP contribution in [-0.2, 0) is 6.54 Å². The van der Waals surface area contributed by atoms with E-state index in [0.29, 0.717) is 5.56 Å². The highest BCUT2D eigenvalue weighted by atomic mass is 16.1. The molecule has 1 amide bonds. The Kier molecular flexibility index (Phi) is 4.10. The third-order valence-corrected chi connectivity index (χ3v) is 1.91. The summed E-state index contributed by atoms with van der Waals surface area (Å²) < 4.78 is 0. The van der Waals surface area contributed by atoms with Gasteiger partial charge in [0.1, 0.15) is 0 Å². The third kappa shape index (κ3) is 2.83. The molecule has 4 heteroatoms. The van der Waals surface area contributed by atoms with Crippen LogP contribution in [0.1, 0.15) is 15.9 Å². The van der Waals surface area contributed by atoms with Crippen LogP contribution in [-0.4, -0.2) is 20.0 Å². The molecule has 0 aromatic heterocycles. The first kappa shape index (κ1) is 10.7. The van der Waals surface area contributed by atoms with Crippen molar-refractivity contribution in [1.29, 1.82) is 0 Å². The molecule has 0 saturated carbocycles. The van der Waals surface area contributed by atoms with Gasteiger partial charge in [0.25, 0.3) is 5.91 Å². The minimum atomic E-state index is -0.0573. The zero-order valence-electron chi connectivity index (χ0n) is 8.42. The fourth-order valence-corrected chi connectivity index (χ4v) is 1.11. The van der Waals surface area contributed by atoms with Crippen LogP contribution in [0.2, 0.25) is 0 Å². The molecule has 3 N–H and O–H groups in total. The second kappa shape index (κ2) is 5.36. The van der Waals surface area contributed by atoms with Gasteiger partial charge in [-0.1, -0.05) is 12.1 Å². The molecule has 0 aliphatic heterocycles. The zero-order chi connectivity index (χ0) is 10.4. The number of rotatable bonds is 4. The van der Waals surface area contributed by atoms with Gasteiger partial charge in [-0.3, -0.25) is 15.6 Å². The summed E-state index contributed by atoms with van der Waals surface area (Å²) in [4.78, 5) is 11.2. The Bertz CT molecular complexity index is 295. The van der Waals surface area contributed by atoms with E-state index in [4.69, 9.17) is 0 Å². The lowest BCUT2D eigenvalue weighted by Gasteiger charge is -2.04. The average molecular weight is 193 g/mol. The lowest BCUT2D eigenvalue weighted by atomic mass is 10.1. The van der Waals surface area contributed by atoms with Gasteiger partial charge in [-0.2, -0.15) is 0 Å². The molecular formula is C10H15N3O. The lowest BCUT2D eigenvalue weighted by molar-refractivity contribution is 0.0963. The third-order valence-electron chi connectivity index (χ3n) is 1.91. The number of hydrogen-bond acceptors (Lipinski definition) is 3. The van der Waals surface area contributed by atoms with Gasteiger partial charge in [0, 0.05) is 19.2 Å². The fourth-order valence-electron chi connectivity index (χ4n) is 1.11. The topological polar surface area (TPSA) is 53.2 Å². The van der Waals surface area contributed by atoms with Gasteiger partial charge >= 0.3 is 0 Å². The van der Waals surface area contributed by atoms with E-state index in [-0.39, 0.29) is 5.91 Å². The molecular weight excluding hydrogens is 178 g/mol. The van der Waals surface area contributed by atoms with Crippen molar-refractivity contribution in [1.82, 2.24) is 16.2 Å². The number of benzene rings is 1. The molecule has 0 aliphatic carbocycles. The number of carbonyl (C=O) groups is 1. The molecule has 0 unspecified atom stereocenters. The van der Waals surface area contributed by atoms with Crippen LogP contribution >= 0.6 is 0 Å². The number of amides is 1. The van der Waals surface area contributed by atoms with Crippen molar-refractivity contribution in [2.24, 2.45) is 0 Å². The first-order chi connectivity index (χ1) is 6.77. The minimum absolute atomic E-state index is 0.0573. The quantitative estimate of drug-likeness (QED) is 0.602. The van der Waals surface area contributed by atoms with Crippen molar-refractivity contribution in [2.75, 3.05) is 14.1 Å². The summed E-state index contributed by atoms with van der Waals surface area (Å²) in [5.41, 5.74) is 7.62. The fraction of sp³-hybridized carbons (Fsp3) is 0.300. The van der Waals surface area contributed by atoms with Crippen molar-refractivity contribution in [2.45, 2.75) is 6.54 Å². The Morgan fingerprint density at radius 2 is 1.86 bits per heavy atom. The predicted molar refractivity (Wildman–Crippen MR) is 55.7 cm³/mol. The molecule has 1 rings (SSSR count). The van der Waals surface area contributed by atoms with Gasteiger partial charge in [-0.05, 0) is 24.7 Å². The maximum absolute atomic E-state index is 11.2. The molecule has 14 heavy (non-hydrogen) atoms. The van der Waals surface area contributed by atoms with E-state index in [0.717, 1.165) is 12.1 Å². The first-order valence-electron chi connectivity index (χ1n) is 4.48. The number of hydrazine groups is 1. The van der Waals surface area contributed by atoms with E-state index < -0.39 is 0 Å². The van der Waals surface area contributed by atoms with Crippen molar-refractivity contribution in [3.05, 3.63) is 35.4 Å². The molecule has 0 bridgehead atoms. The highest BCUT2D eigenvalue weighted by Gasteiger charge is 2.01. The van der Waals surface area contributed by atoms with Gasteiger partial charge in [-0.15, -0.1) is 0 Å². The highest BCUT2D eigenvalue weighted by Crippen LogP contribution is 2.03.